The number of nitrogens with zero attached hydrogens (tertiary/aromatic N) is 2. The predicted molar refractivity (Wildman–Crippen MR) is 85.9 cm³/mol. The summed E-state index contributed by atoms with van der Waals surface area (Å²) in [6.07, 6.45) is 1.33. The summed E-state index contributed by atoms with van der Waals surface area (Å²) in [5.41, 5.74) is 0. The van der Waals surface area contributed by atoms with Gasteiger partial charge >= 0.3 is 5.97 Å². The van der Waals surface area contributed by atoms with Gasteiger partial charge in [0.1, 0.15) is 10.6 Å². The molecule has 21 heavy (non-hydrogen) atoms. The Hall–Kier alpha value is -1.89. The average molecular weight is 308 g/mol. The van der Waals surface area contributed by atoms with Crippen LogP contribution in [-0.2, 0) is 9.53 Å². The molecule has 0 aliphatic rings. The largest absolute Gasteiger partial charge is 0.466 e. The van der Waals surface area contributed by atoms with Crippen LogP contribution in [0.1, 0.15) is 26.7 Å². The van der Waals surface area contributed by atoms with Gasteiger partial charge in [-0.1, -0.05) is 6.92 Å². The molecule has 0 aromatic carbocycles. The second kappa shape index (κ2) is 7.78. The minimum atomic E-state index is -0.204. The van der Waals surface area contributed by atoms with E-state index in [1.54, 1.807) is 18.3 Å². The number of ether oxygens (including phenoxy) is 1. The molecule has 0 bridgehead atoms. The maximum Gasteiger partial charge on any atom is 0.307 e. The van der Waals surface area contributed by atoms with Gasteiger partial charge in [-0.3, -0.25) is 4.79 Å². The third kappa shape index (κ3) is 4.29. The highest BCUT2D eigenvalue weighted by Crippen LogP contribution is 2.26. The Kier molecular flexibility index (Phi) is 5.74. The third-order valence-electron chi connectivity index (χ3n) is 2.79. The van der Waals surface area contributed by atoms with Crippen LogP contribution in [0.25, 0.3) is 10.2 Å². The molecule has 2 heterocycles. The van der Waals surface area contributed by atoms with Gasteiger partial charge in [0, 0.05) is 13.1 Å². The van der Waals surface area contributed by atoms with E-state index in [1.807, 2.05) is 11.4 Å². The van der Waals surface area contributed by atoms with E-state index in [-0.39, 0.29) is 5.97 Å². The van der Waals surface area contributed by atoms with Gasteiger partial charge in [0.05, 0.1) is 18.4 Å². The molecule has 0 spiro atoms. The Morgan fingerprint density at radius 1 is 1.29 bits per heavy atom. The van der Waals surface area contributed by atoms with Crippen molar-refractivity contribution in [1.29, 1.82) is 0 Å². The lowest BCUT2D eigenvalue weighted by molar-refractivity contribution is -0.142. The number of carbonyl (C=O) groups is 1. The Bertz CT molecular complexity index is 600. The molecule has 0 aliphatic heterocycles. The number of rotatable bonds is 8. The highest BCUT2D eigenvalue weighted by Gasteiger charge is 2.09. The SMILES string of the molecule is CCCNc1nc(NCCC(=O)OCC)c2ccsc2n1. The van der Waals surface area contributed by atoms with Gasteiger partial charge in [-0.25, -0.2) is 4.98 Å². The maximum absolute atomic E-state index is 11.3. The second-order valence-corrected chi connectivity index (χ2v) is 5.34. The molecule has 0 radical (unpaired) electrons. The van der Waals surface area contributed by atoms with Gasteiger partial charge in [-0.15, -0.1) is 11.3 Å². The zero-order valence-electron chi connectivity index (χ0n) is 12.3. The van der Waals surface area contributed by atoms with Crippen LogP contribution in [0.4, 0.5) is 11.8 Å². The molecule has 2 aromatic heterocycles. The van der Waals surface area contributed by atoms with Gasteiger partial charge in [0.25, 0.3) is 0 Å². The number of fused-ring (bicyclic) bond motifs is 1. The van der Waals surface area contributed by atoms with Gasteiger partial charge in [-0.2, -0.15) is 4.98 Å². The number of hydrogen-bond donors (Lipinski definition) is 2. The molecule has 7 heteroatoms. The van der Waals surface area contributed by atoms with Crippen molar-refractivity contribution in [3.8, 4) is 0 Å². The molecule has 0 saturated carbocycles. The van der Waals surface area contributed by atoms with Crippen LogP contribution in [0, 0.1) is 0 Å². The molecule has 0 aliphatic carbocycles. The second-order valence-electron chi connectivity index (χ2n) is 4.44. The number of nitrogens with one attached hydrogen (secondary N) is 2. The van der Waals surface area contributed by atoms with E-state index >= 15 is 0 Å². The lowest BCUT2D eigenvalue weighted by atomic mass is 10.3. The van der Waals surface area contributed by atoms with Crippen LogP contribution in [0.15, 0.2) is 11.4 Å². The van der Waals surface area contributed by atoms with Crippen LogP contribution in [0.2, 0.25) is 0 Å². The number of thiophene rings is 1. The molecular formula is C14H20N4O2S. The van der Waals surface area contributed by atoms with E-state index in [1.165, 1.54) is 0 Å². The molecule has 114 valence electrons. The fourth-order valence-electron chi connectivity index (χ4n) is 1.82. The minimum absolute atomic E-state index is 0.204. The van der Waals surface area contributed by atoms with Crippen molar-refractivity contribution in [2.75, 3.05) is 30.3 Å². The van der Waals surface area contributed by atoms with Crippen molar-refractivity contribution in [3.05, 3.63) is 11.4 Å². The number of carbonyl (C=O) groups excluding carboxylic acids is 1. The standard InChI is InChI=1S/C14H20N4O2S/c1-3-7-16-14-17-12(10-6-9-21-13(10)18-14)15-8-5-11(19)20-4-2/h6,9H,3-5,7-8H2,1-2H3,(H2,15,16,17,18). The first-order chi connectivity index (χ1) is 10.2. The van der Waals surface area contributed by atoms with Crippen LogP contribution in [0.5, 0.6) is 0 Å². The summed E-state index contributed by atoms with van der Waals surface area (Å²) in [7, 11) is 0. The monoisotopic (exact) mass is 308 g/mol. The molecular weight excluding hydrogens is 288 g/mol. The Balaban J connectivity index is 2.06. The average Bonchev–Trinajstić information content (AvgIpc) is 2.94. The summed E-state index contributed by atoms with van der Waals surface area (Å²) in [5, 5.41) is 9.35. The van der Waals surface area contributed by atoms with Crippen molar-refractivity contribution in [2.45, 2.75) is 26.7 Å². The van der Waals surface area contributed by atoms with Crippen LogP contribution in [0.3, 0.4) is 0 Å². The van der Waals surface area contributed by atoms with Crippen molar-refractivity contribution in [2.24, 2.45) is 0 Å². The zero-order chi connectivity index (χ0) is 15.1. The third-order valence-corrected chi connectivity index (χ3v) is 3.59. The van der Waals surface area contributed by atoms with Gasteiger partial charge in [0.15, 0.2) is 0 Å². The first-order valence-corrected chi connectivity index (χ1v) is 8.01. The quantitative estimate of drug-likeness (QED) is 0.730. The van der Waals surface area contributed by atoms with Crippen LogP contribution < -0.4 is 10.6 Å². The molecule has 2 N–H and O–H groups in total. The van der Waals surface area contributed by atoms with E-state index in [4.69, 9.17) is 4.74 Å². The Labute approximate surface area is 127 Å². The zero-order valence-corrected chi connectivity index (χ0v) is 13.1. The van der Waals surface area contributed by atoms with Gasteiger partial charge in [-0.05, 0) is 24.8 Å². The molecule has 0 atom stereocenters. The van der Waals surface area contributed by atoms with Crippen molar-refractivity contribution >= 4 is 39.3 Å². The van der Waals surface area contributed by atoms with Gasteiger partial charge in [0.2, 0.25) is 5.95 Å². The number of aromatic nitrogens is 2. The van der Waals surface area contributed by atoms with E-state index in [9.17, 15) is 4.79 Å². The van der Waals surface area contributed by atoms with Crippen molar-refractivity contribution < 1.29 is 9.53 Å². The van der Waals surface area contributed by atoms with E-state index in [0.717, 1.165) is 29.0 Å². The van der Waals surface area contributed by atoms with Gasteiger partial charge < -0.3 is 15.4 Å². The summed E-state index contributed by atoms with van der Waals surface area (Å²) in [5.74, 6) is 1.17. The molecule has 6 nitrogen and oxygen atoms in total. The highest BCUT2D eigenvalue weighted by atomic mass is 32.1. The summed E-state index contributed by atoms with van der Waals surface area (Å²) >= 11 is 1.57. The normalized spacial score (nSPS) is 10.6. The summed E-state index contributed by atoms with van der Waals surface area (Å²) in [6, 6.07) is 1.98. The maximum atomic E-state index is 11.3. The molecule has 0 amide bonds. The molecule has 2 aromatic rings. The van der Waals surface area contributed by atoms with E-state index in [2.05, 4.69) is 27.5 Å². The first kappa shape index (κ1) is 15.5. The number of hydrogen-bond acceptors (Lipinski definition) is 7. The lowest BCUT2D eigenvalue weighted by Crippen LogP contribution is -2.13. The molecule has 0 unspecified atom stereocenters. The highest BCUT2D eigenvalue weighted by molar-refractivity contribution is 7.16. The first-order valence-electron chi connectivity index (χ1n) is 7.13. The summed E-state index contributed by atoms with van der Waals surface area (Å²) in [6.45, 7) is 5.63. The molecule has 0 saturated heterocycles. The number of esters is 1. The Morgan fingerprint density at radius 3 is 2.90 bits per heavy atom. The molecule has 2 rings (SSSR count). The minimum Gasteiger partial charge on any atom is -0.466 e. The fourth-order valence-corrected chi connectivity index (χ4v) is 2.59. The van der Waals surface area contributed by atoms with Crippen molar-refractivity contribution in [3.63, 3.8) is 0 Å². The number of anilines is 2. The Morgan fingerprint density at radius 2 is 2.14 bits per heavy atom. The van der Waals surface area contributed by atoms with Crippen molar-refractivity contribution in [1.82, 2.24) is 9.97 Å². The summed E-state index contributed by atoms with van der Waals surface area (Å²) < 4.78 is 4.91. The summed E-state index contributed by atoms with van der Waals surface area (Å²) in [4.78, 5) is 21.2. The van der Waals surface area contributed by atoms with E-state index in [0.29, 0.717) is 25.5 Å². The fraction of sp³-hybridized carbons (Fsp3) is 0.500. The van der Waals surface area contributed by atoms with Crippen LogP contribution in [-0.4, -0.2) is 35.6 Å². The topological polar surface area (TPSA) is 76.1 Å². The predicted octanol–water partition coefficient (Wildman–Crippen LogP) is 2.88. The van der Waals surface area contributed by atoms with E-state index < -0.39 is 0 Å². The van der Waals surface area contributed by atoms with Crippen LogP contribution >= 0.6 is 11.3 Å². The lowest BCUT2D eigenvalue weighted by Gasteiger charge is -2.09. The smallest absolute Gasteiger partial charge is 0.307 e. The molecule has 0 fully saturated rings.